The zero-order chi connectivity index (χ0) is 16.5. The molecular weight excluding hydrogens is 304 g/mol. The fraction of sp³-hybridized carbons (Fsp3) is 0.706. The van der Waals surface area contributed by atoms with Gasteiger partial charge in [-0.25, -0.2) is 4.98 Å². The van der Waals surface area contributed by atoms with Crippen molar-refractivity contribution in [1.29, 1.82) is 0 Å². The summed E-state index contributed by atoms with van der Waals surface area (Å²) in [4.78, 5) is 13.9. The Morgan fingerprint density at radius 3 is 3.00 bits per heavy atom. The van der Waals surface area contributed by atoms with Gasteiger partial charge in [0.15, 0.2) is 5.82 Å². The lowest BCUT2D eigenvalue weighted by Crippen LogP contribution is -2.34. The molecule has 2 aromatic heterocycles. The molecular formula is C17H26N6O. The number of hydrogen-bond donors (Lipinski definition) is 0. The summed E-state index contributed by atoms with van der Waals surface area (Å²) in [6.07, 6.45) is 7.52. The van der Waals surface area contributed by atoms with Gasteiger partial charge >= 0.3 is 0 Å². The second kappa shape index (κ2) is 6.64. The molecule has 7 heteroatoms. The predicted molar refractivity (Wildman–Crippen MR) is 89.3 cm³/mol. The lowest BCUT2D eigenvalue weighted by molar-refractivity contribution is 0.214. The summed E-state index contributed by atoms with van der Waals surface area (Å²) in [5, 5.41) is 4.14. The van der Waals surface area contributed by atoms with Crippen LogP contribution in [0.25, 0.3) is 0 Å². The third-order valence-electron chi connectivity index (χ3n) is 5.18. The van der Waals surface area contributed by atoms with Gasteiger partial charge in [-0.3, -0.25) is 9.80 Å². The minimum absolute atomic E-state index is 0.529. The van der Waals surface area contributed by atoms with Crippen molar-refractivity contribution in [2.75, 3.05) is 20.1 Å². The molecule has 0 N–H and O–H groups in total. The van der Waals surface area contributed by atoms with E-state index in [1.54, 1.807) is 0 Å². The van der Waals surface area contributed by atoms with Crippen molar-refractivity contribution in [3.63, 3.8) is 0 Å². The van der Waals surface area contributed by atoms with E-state index < -0.39 is 0 Å². The van der Waals surface area contributed by atoms with Crippen LogP contribution in [-0.4, -0.2) is 55.7 Å². The summed E-state index contributed by atoms with van der Waals surface area (Å²) in [6, 6.07) is 0.540. The zero-order valence-corrected chi connectivity index (χ0v) is 14.6. The van der Waals surface area contributed by atoms with E-state index in [0.29, 0.717) is 12.0 Å². The molecule has 1 atom stereocenters. The predicted octanol–water partition coefficient (Wildman–Crippen LogP) is 1.87. The van der Waals surface area contributed by atoms with Crippen LogP contribution < -0.4 is 0 Å². The molecule has 1 aliphatic heterocycles. The number of aryl methyl sites for hydroxylation is 1. The standard InChI is InChI=1S/C17H26N6O/c1-3-23-9-7-18-16(23)12-22-8-6-14(10-22)21(2)11-15-19-17(24-20-15)13-4-5-13/h7,9,13-14H,3-6,8,10-12H2,1-2H3. The molecule has 2 fully saturated rings. The smallest absolute Gasteiger partial charge is 0.229 e. The van der Waals surface area contributed by atoms with Crippen LogP contribution in [0.5, 0.6) is 0 Å². The Balaban J connectivity index is 1.30. The molecule has 2 aromatic rings. The van der Waals surface area contributed by atoms with E-state index in [1.165, 1.54) is 19.3 Å². The van der Waals surface area contributed by atoms with Gasteiger partial charge in [-0.15, -0.1) is 0 Å². The van der Waals surface area contributed by atoms with Crippen molar-refractivity contribution >= 4 is 0 Å². The minimum atomic E-state index is 0.529. The van der Waals surface area contributed by atoms with Gasteiger partial charge in [-0.1, -0.05) is 5.16 Å². The third kappa shape index (κ3) is 3.37. The molecule has 2 aliphatic rings. The number of nitrogens with zero attached hydrogens (tertiary/aromatic N) is 6. The Kier molecular flexibility index (Phi) is 4.37. The highest BCUT2D eigenvalue weighted by atomic mass is 16.5. The molecule has 1 saturated heterocycles. The van der Waals surface area contributed by atoms with Gasteiger partial charge in [0.1, 0.15) is 5.82 Å². The highest BCUT2D eigenvalue weighted by molar-refractivity contribution is 5.02. The molecule has 3 heterocycles. The lowest BCUT2D eigenvalue weighted by atomic mass is 10.2. The van der Waals surface area contributed by atoms with E-state index in [0.717, 1.165) is 50.3 Å². The van der Waals surface area contributed by atoms with Crippen LogP contribution in [-0.2, 0) is 19.6 Å². The van der Waals surface area contributed by atoms with E-state index in [1.807, 2.05) is 6.20 Å². The van der Waals surface area contributed by atoms with Gasteiger partial charge < -0.3 is 9.09 Å². The molecule has 4 rings (SSSR count). The van der Waals surface area contributed by atoms with Crippen molar-refractivity contribution in [2.45, 2.75) is 57.8 Å². The summed E-state index contributed by atoms with van der Waals surface area (Å²) >= 11 is 0. The molecule has 1 saturated carbocycles. The van der Waals surface area contributed by atoms with Crippen LogP contribution in [0.4, 0.5) is 0 Å². The maximum atomic E-state index is 5.36. The first-order valence-corrected chi connectivity index (χ1v) is 8.98. The Morgan fingerprint density at radius 2 is 2.21 bits per heavy atom. The molecule has 130 valence electrons. The SMILES string of the molecule is CCn1ccnc1CN1CCC(N(C)Cc2noc(C3CC3)n2)C1. The monoisotopic (exact) mass is 330 g/mol. The van der Waals surface area contributed by atoms with Crippen molar-refractivity contribution in [3.05, 3.63) is 29.9 Å². The molecule has 24 heavy (non-hydrogen) atoms. The first kappa shape index (κ1) is 15.8. The summed E-state index contributed by atoms with van der Waals surface area (Å²) < 4.78 is 7.58. The van der Waals surface area contributed by atoms with Gasteiger partial charge in [-0.2, -0.15) is 4.98 Å². The molecule has 0 radical (unpaired) electrons. The van der Waals surface area contributed by atoms with Crippen molar-refractivity contribution in [2.24, 2.45) is 0 Å². The Labute approximate surface area is 142 Å². The van der Waals surface area contributed by atoms with Crippen LogP contribution >= 0.6 is 0 Å². The van der Waals surface area contributed by atoms with Crippen LogP contribution in [0.3, 0.4) is 0 Å². The average Bonchev–Trinajstić information content (AvgIpc) is 3.00. The number of imidazole rings is 1. The van der Waals surface area contributed by atoms with Crippen LogP contribution in [0.15, 0.2) is 16.9 Å². The summed E-state index contributed by atoms with van der Waals surface area (Å²) in [5.41, 5.74) is 0. The number of rotatable bonds is 7. The Hall–Kier alpha value is -1.73. The highest BCUT2D eigenvalue weighted by Gasteiger charge is 2.31. The van der Waals surface area contributed by atoms with Gasteiger partial charge in [-0.05, 0) is 33.2 Å². The molecule has 7 nitrogen and oxygen atoms in total. The van der Waals surface area contributed by atoms with E-state index in [9.17, 15) is 0 Å². The van der Waals surface area contributed by atoms with Crippen LogP contribution in [0.1, 0.15) is 49.6 Å². The first-order valence-electron chi connectivity index (χ1n) is 8.98. The number of hydrogen-bond acceptors (Lipinski definition) is 6. The lowest BCUT2D eigenvalue weighted by Gasteiger charge is -2.23. The van der Waals surface area contributed by atoms with E-state index in [2.05, 4.69) is 49.7 Å². The Bertz CT molecular complexity index is 676. The van der Waals surface area contributed by atoms with Gasteiger partial charge in [0, 0.05) is 44.0 Å². The quantitative estimate of drug-likeness (QED) is 0.772. The number of likely N-dealkylation sites (N-methyl/N-ethyl adjacent to an activating group) is 1. The molecule has 1 unspecified atom stereocenters. The average molecular weight is 330 g/mol. The molecule has 1 aliphatic carbocycles. The van der Waals surface area contributed by atoms with E-state index in [4.69, 9.17) is 4.52 Å². The maximum absolute atomic E-state index is 5.36. The fourth-order valence-electron chi connectivity index (χ4n) is 3.48. The van der Waals surface area contributed by atoms with Gasteiger partial charge in [0.25, 0.3) is 0 Å². The van der Waals surface area contributed by atoms with E-state index >= 15 is 0 Å². The summed E-state index contributed by atoms with van der Waals surface area (Å²) in [7, 11) is 2.16. The normalized spacial score (nSPS) is 21.9. The fourth-order valence-corrected chi connectivity index (χ4v) is 3.48. The largest absolute Gasteiger partial charge is 0.339 e. The molecule has 0 aromatic carbocycles. The van der Waals surface area contributed by atoms with Crippen molar-refractivity contribution in [1.82, 2.24) is 29.5 Å². The summed E-state index contributed by atoms with van der Waals surface area (Å²) in [6.45, 7) is 7.02. The second-order valence-electron chi connectivity index (χ2n) is 7.05. The van der Waals surface area contributed by atoms with Crippen LogP contribution in [0.2, 0.25) is 0 Å². The minimum Gasteiger partial charge on any atom is -0.339 e. The molecule has 0 amide bonds. The first-order chi connectivity index (χ1) is 11.7. The molecule has 0 bridgehead atoms. The highest BCUT2D eigenvalue weighted by Crippen LogP contribution is 2.38. The zero-order valence-electron chi connectivity index (χ0n) is 14.6. The topological polar surface area (TPSA) is 63.2 Å². The van der Waals surface area contributed by atoms with Crippen molar-refractivity contribution in [3.8, 4) is 0 Å². The van der Waals surface area contributed by atoms with Gasteiger partial charge in [0.2, 0.25) is 5.89 Å². The van der Waals surface area contributed by atoms with Crippen LogP contribution in [0, 0.1) is 0 Å². The second-order valence-corrected chi connectivity index (χ2v) is 7.05. The number of aromatic nitrogens is 4. The number of likely N-dealkylation sites (tertiary alicyclic amines) is 1. The molecule has 0 spiro atoms. The summed E-state index contributed by atoms with van der Waals surface area (Å²) in [5.74, 6) is 3.34. The maximum Gasteiger partial charge on any atom is 0.229 e. The van der Waals surface area contributed by atoms with E-state index in [-0.39, 0.29) is 0 Å². The van der Waals surface area contributed by atoms with Gasteiger partial charge in [0.05, 0.1) is 13.1 Å². The van der Waals surface area contributed by atoms with Crippen molar-refractivity contribution < 1.29 is 4.52 Å². The Morgan fingerprint density at radius 1 is 1.33 bits per heavy atom. The third-order valence-corrected chi connectivity index (χ3v) is 5.18.